The van der Waals surface area contributed by atoms with E-state index in [0.717, 1.165) is 25.7 Å². The van der Waals surface area contributed by atoms with Crippen molar-refractivity contribution in [1.82, 2.24) is 0 Å². The molecule has 162 valence electrons. The predicted octanol–water partition coefficient (Wildman–Crippen LogP) is 4.00. The summed E-state index contributed by atoms with van der Waals surface area (Å²) in [5.41, 5.74) is -0.458. The van der Waals surface area contributed by atoms with Crippen molar-refractivity contribution in [3.63, 3.8) is 0 Å². The molecule has 0 heterocycles. The average molecular weight is 425 g/mol. The normalized spacial score (nSPS) is 46.4. The van der Waals surface area contributed by atoms with Gasteiger partial charge >= 0.3 is 5.97 Å². The Morgan fingerprint density at radius 1 is 1.28 bits per heavy atom. The molecular formula is C23H33ClO5. The summed E-state index contributed by atoms with van der Waals surface area (Å²) in [6.07, 6.45) is 6.52. The van der Waals surface area contributed by atoms with Crippen LogP contribution in [0.4, 0.5) is 0 Å². The lowest BCUT2D eigenvalue weighted by Gasteiger charge is -2.60. The molecule has 0 spiro atoms. The Hall–Kier alpha value is -0.910. The van der Waals surface area contributed by atoms with E-state index < -0.39 is 23.1 Å². The maximum atomic E-state index is 13.1. The number of allylic oxidation sites excluding steroid dienone is 1. The maximum absolute atomic E-state index is 13.1. The van der Waals surface area contributed by atoms with Gasteiger partial charge in [-0.05, 0) is 74.7 Å². The van der Waals surface area contributed by atoms with Gasteiger partial charge in [-0.3, -0.25) is 4.79 Å². The number of hydrogen-bond acceptors (Lipinski definition) is 5. The lowest BCUT2D eigenvalue weighted by Crippen LogP contribution is -2.62. The molecule has 0 saturated heterocycles. The zero-order valence-corrected chi connectivity index (χ0v) is 18.5. The summed E-state index contributed by atoms with van der Waals surface area (Å²) in [4.78, 5) is 25.1. The minimum absolute atomic E-state index is 0.121. The molecule has 4 aliphatic rings. The molecule has 3 saturated carbocycles. The highest BCUT2D eigenvalue weighted by Gasteiger charge is 2.70. The van der Waals surface area contributed by atoms with E-state index in [1.54, 1.807) is 0 Å². The molecule has 0 aromatic rings. The minimum Gasteiger partial charge on any atom is -0.447 e. The van der Waals surface area contributed by atoms with E-state index in [1.807, 2.05) is 13.0 Å². The first-order valence-corrected chi connectivity index (χ1v) is 11.6. The fourth-order valence-corrected chi connectivity index (χ4v) is 7.82. The van der Waals surface area contributed by atoms with Crippen LogP contribution >= 0.6 is 11.6 Å². The Kier molecular flexibility index (Phi) is 5.40. The van der Waals surface area contributed by atoms with Gasteiger partial charge in [-0.25, -0.2) is 4.79 Å². The van der Waals surface area contributed by atoms with E-state index in [1.165, 1.54) is 5.57 Å². The summed E-state index contributed by atoms with van der Waals surface area (Å²) in [7, 11) is 0. The van der Waals surface area contributed by atoms with Crippen LogP contribution in [0.15, 0.2) is 11.6 Å². The summed E-state index contributed by atoms with van der Waals surface area (Å²) in [6, 6.07) is -0.191. The Morgan fingerprint density at radius 3 is 2.72 bits per heavy atom. The molecule has 0 amide bonds. The molecule has 1 N–H and O–H groups in total. The molecule has 0 aromatic heterocycles. The number of ketones is 1. The van der Waals surface area contributed by atoms with Gasteiger partial charge in [0.05, 0.1) is 6.10 Å². The van der Waals surface area contributed by atoms with Crippen LogP contribution in [0.25, 0.3) is 0 Å². The largest absolute Gasteiger partial charge is 0.447 e. The van der Waals surface area contributed by atoms with Gasteiger partial charge in [0.15, 0.2) is 17.5 Å². The fraction of sp³-hybridized carbons (Fsp3) is 0.826. The van der Waals surface area contributed by atoms with Crippen molar-refractivity contribution in [1.29, 1.82) is 0 Å². The molecule has 0 aliphatic heterocycles. The number of aliphatic hydroxyl groups excluding tert-OH is 1. The second-order valence-electron chi connectivity index (χ2n) is 9.92. The number of carbonyl (C=O) groups is 2. The van der Waals surface area contributed by atoms with Gasteiger partial charge in [-0.2, -0.15) is 0 Å². The van der Waals surface area contributed by atoms with Gasteiger partial charge < -0.3 is 14.6 Å². The van der Waals surface area contributed by atoms with Crippen molar-refractivity contribution in [3.8, 4) is 0 Å². The van der Waals surface area contributed by atoms with Gasteiger partial charge in [-0.15, -0.1) is 0 Å². The van der Waals surface area contributed by atoms with E-state index in [2.05, 4.69) is 13.8 Å². The van der Waals surface area contributed by atoms with Crippen LogP contribution in [0.2, 0.25) is 0 Å². The molecule has 2 unspecified atom stereocenters. The maximum Gasteiger partial charge on any atom is 0.340 e. The molecular weight excluding hydrogens is 392 g/mol. The van der Waals surface area contributed by atoms with Crippen LogP contribution in [0, 0.1) is 28.6 Å². The van der Waals surface area contributed by atoms with E-state index in [9.17, 15) is 14.7 Å². The topological polar surface area (TPSA) is 72.8 Å². The number of esters is 1. The van der Waals surface area contributed by atoms with Crippen molar-refractivity contribution in [2.45, 2.75) is 77.4 Å². The summed E-state index contributed by atoms with van der Waals surface area (Å²) in [5, 5.41) is 11.5. The third-order valence-electron chi connectivity index (χ3n) is 8.92. The molecule has 7 atom stereocenters. The Morgan fingerprint density at radius 2 is 2.03 bits per heavy atom. The molecule has 0 bridgehead atoms. The third-order valence-corrected chi connectivity index (χ3v) is 9.03. The van der Waals surface area contributed by atoms with Crippen molar-refractivity contribution in [2.75, 3.05) is 12.7 Å². The molecule has 0 radical (unpaired) electrons. The molecule has 29 heavy (non-hydrogen) atoms. The first-order chi connectivity index (χ1) is 13.7. The number of alkyl halides is 1. The Balaban J connectivity index is 1.73. The van der Waals surface area contributed by atoms with Crippen LogP contribution in [-0.2, 0) is 19.1 Å². The third kappa shape index (κ3) is 2.87. The Labute approximate surface area is 178 Å². The van der Waals surface area contributed by atoms with Gasteiger partial charge in [0, 0.05) is 18.4 Å². The summed E-state index contributed by atoms with van der Waals surface area (Å²) in [6.45, 7) is 6.65. The SMILES string of the molecule is CCOC1(C(=O)OCCl)CC[C@H]2[C@@H]3CCC4=CC(=O)CC[C@]4(C)[C@@H]3C(O)C[C@@]21C. The van der Waals surface area contributed by atoms with Crippen molar-refractivity contribution in [2.24, 2.45) is 28.6 Å². The van der Waals surface area contributed by atoms with Gasteiger partial charge in [-0.1, -0.05) is 31.0 Å². The van der Waals surface area contributed by atoms with Crippen LogP contribution in [0.1, 0.15) is 65.7 Å². The number of carbonyl (C=O) groups excluding carboxylic acids is 2. The van der Waals surface area contributed by atoms with Crippen LogP contribution in [0.3, 0.4) is 0 Å². The summed E-state index contributed by atoms with van der Waals surface area (Å²) < 4.78 is 11.4. The van der Waals surface area contributed by atoms with Crippen LogP contribution in [0.5, 0.6) is 0 Å². The number of rotatable bonds is 4. The first kappa shape index (κ1) is 21.3. The zero-order valence-electron chi connectivity index (χ0n) is 17.7. The number of hydrogen-bond donors (Lipinski definition) is 1. The van der Waals surface area contributed by atoms with E-state index in [4.69, 9.17) is 21.1 Å². The highest BCUT2D eigenvalue weighted by atomic mass is 35.5. The number of ether oxygens (including phenoxy) is 2. The average Bonchev–Trinajstić information content (AvgIpc) is 2.95. The second-order valence-corrected chi connectivity index (χ2v) is 10.1. The molecule has 0 aromatic carbocycles. The first-order valence-electron chi connectivity index (χ1n) is 11.0. The zero-order chi connectivity index (χ0) is 21.0. The monoisotopic (exact) mass is 424 g/mol. The second kappa shape index (κ2) is 7.35. The lowest BCUT2D eigenvalue weighted by atomic mass is 9.45. The molecule has 3 fully saturated rings. The fourth-order valence-electron chi connectivity index (χ4n) is 7.72. The minimum atomic E-state index is -1.05. The summed E-state index contributed by atoms with van der Waals surface area (Å²) >= 11 is 5.72. The van der Waals surface area contributed by atoms with Crippen LogP contribution in [-0.4, -0.2) is 41.2 Å². The predicted molar refractivity (Wildman–Crippen MR) is 109 cm³/mol. The van der Waals surface area contributed by atoms with Gasteiger partial charge in [0.25, 0.3) is 0 Å². The standard InChI is InChI=1S/C23H33ClO5/c1-4-29-23(20(27)28-13-24)10-8-17-16-6-5-14-11-15(25)7-9-21(14,2)19(16)18(26)12-22(17,23)3/h11,16-19,26H,4-10,12-13H2,1-3H3/t16-,17-,18?,19-,21-,22-,23?/m0/s1. The van der Waals surface area contributed by atoms with Crippen LogP contribution < -0.4 is 0 Å². The highest BCUT2D eigenvalue weighted by molar-refractivity contribution is 6.17. The molecule has 5 nitrogen and oxygen atoms in total. The number of halogens is 1. The Bertz CT molecular complexity index is 735. The smallest absolute Gasteiger partial charge is 0.340 e. The van der Waals surface area contributed by atoms with E-state index in [0.29, 0.717) is 31.8 Å². The molecule has 6 heteroatoms. The van der Waals surface area contributed by atoms with Crippen molar-refractivity contribution >= 4 is 23.4 Å². The summed E-state index contributed by atoms with van der Waals surface area (Å²) in [5.74, 6) is 0.531. The van der Waals surface area contributed by atoms with Gasteiger partial charge in [0.1, 0.15) is 0 Å². The lowest BCUT2D eigenvalue weighted by molar-refractivity contribution is -0.210. The molecule has 4 aliphatic carbocycles. The van der Waals surface area contributed by atoms with Gasteiger partial charge in [0.2, 0.25) is 0 Å². The quantitative estimate of drug-likeness (QED) is 0.545. The van der Waals surface area contributed by atoms with E-state index >= 15 is 0 Å². The number of aliphatic hydroxyl groups is 1. The molecule has 4 rings (SSSR count). The highest BCUT2D eigenvalue weighted by Crippen LogP contribution is 2.68. The van der Waals surface area contributed by atoms with E-state index in [-0.39, 0.29) is 29.1 Å². The van der Waals surface area contributed by atoms with Crippen molar-refractivity contribution < 1.29 is 24.2 Å². The number of fused-ring (bicyclic) bond motifs is 5. The van der Waals surface area contributed by atoms with Crippen molar-refractivity contribution in [3.05, 3.63) is 11.6 Å².